The number of hydrogen-bond acceptors (Lipinski definition) is 3. The van der Waals surface area contributed by atoms with Crippen molar-refractivity contribution >= 4 is 5.97 Å². The molecule has 4 nitrogen and oxygen atoms in total. The average molecular weight is 296 g/mol. The monoisotopic (exact) mass is 296 g/mol. The van der Waals surface area contributed by atoms with Gasteiger partial charge in [-0.3, -0.25) is 0 Å². The van der Waals surface area contributed by atoms with Crippen molar-refractivity contribution in [3.8, 4) is 11.4 Å². The van der Waals surface area contributed by atoms with Crippen molar-refractivity contribution in [2.24, 2.45) is 7.05 Å². The second-order valence-electron chi connectivity index (χ2n) is 5.10. The zero-order valence-electron chi connectivity index (χ0n) is 13.0. The van der Waals surface area contributed by atoms with E-state index in [1.165, 1.54) is 0 Å². The lowest BCUT2D eigenvalue weighted by molar-refractivity contribution is -0.140. The SMILES string of the molecule is C=CCc1nc(-c2ccccc2)n(C)c1COC(=O)C(=C)C. The second-order valence-corrected chi connectivity index (χ2v) is 5.10. The van der Waals surface area contributed by atoms with Crippen LogP contribution in [0.1, 0.15) is 18.3 Å². The van der Waals surface area contributed by atoms with Crippen molar-refractivity contribution in [3.05, 3.63) is 66.5 Å². The Morgan fingerprint density at radius 3 is 2.64 bits per heavy atom. The van der Waals surface area contributed by atoms with Crippen molar-refractivity contribution in [1.29, 1.82) is 0 Å². The Labute approximate surface area is 130 Å². The van der Waals surface area contributed by atoms with Crippen LogP contribution in [0.5, 0.6) is 0 Å². The molecule has 0 amide bonds. The van der Waals surface area contributed by atoms with E-state index in [2.05, 4.69) is 18.1 Å². The third-order valence-corrected chi connectivity index (χ3v) is 3.35. The number of carbonyl (C=O) groups excluding carboxylic acids is 1. The van der Waals surface area contributed by atoms with Crippen LogP contribution in [0.25, 0.3) is 11.4 Å². The summed E-state index contributed by atoms with van der Waals surface area (Å²) >= 11 is 0. The number of aromatic nitrogens is 2. The molecule has 0 unspecified atom stereocenters. The molecule has 0 fully saturated rings. The van der Waals surface area contributed by atoms with Crippen molar-refractivity contribution < 1.29 is 9.53 Å². The van der Waals surface area contributed by atoms with E-state index in [1.807, 2.05) is 41.9 Å². The Morgan fingerprint density at radius 1 is 1.36 bits per heavy atom. The predicted octanol–water partition coefficient (Wildman–Crippen LogP) is 3.43. The first-order valence-electron chi connectivity index (χ1n) is 7.08. The summed E-state index contributed by atoms with van der Waals surface area (Å²) < 4.78 is 7.23. The molecule has 0 aliphatic heterocycles. The second kappa shape index (κ2) is 6.89. The summed E-state index contributed by atoms with van der Waals surface area (Å²) in [6.45, 7) is 9.15. The summed E-state index contributed by atoms with van der Waals surface area (Å²) in [4.78, 5) is 16.3. The quantitative estimate of drug-likeness (QED) is 0.466. The molecule has 4 heteroatoms. The molecule has 1 aromatic heterocycles. The molecular weight excluding hydrogens is 276 g/mol. The Kier molecular flexibility index (Phi) is 4.94. The number of benzene rings is 1. The largest absolute Gasteiger partial charge is 0.456 e. The lowest BCUT2D eigenvalue weighted by atomic mass is 10.2. The van der Waals surface area contributed by atoms with Crippen LogP contribution < -0.4 is 0 Å². The Hall–Kier alpha value is -2.62. The molecule has 2 rings (SSSR count). The minimum Gasteiger partial charge on any atom is -0.456 e. The summed E-state index contributed by atoms with van der Waals surface area (Å²) in [5, 5.41) is 0. The first-order valence-corrected chi connectivity index (χ1v) is 7.08. The van der Waals surface area contributed by atoms with Crippen LogP contribution in [0.15, 0.2) is 55.1 Å². The summed E-state index contributed by atoms with van der Waals surface area (Å²) in [5.74, 6) is 0.450. The zero-order chi connectivity index (χ0) is 16.1. The zero-order valence-corrected chi connectivity index (χ0v) is 13.0. The van der Waals surface area contributed by atoms with Gasteiger partial charge in [-0.1, -0.05) is 43.0 Å². The highest BCUT2D eigenvalue weighted by Crippen LogP contribution is 2.22. The maximum atomic E-state index is 11.6. The Balaban J connectivity index is 2.35. The molecule has 1 aromatic carbocycles. The Morgan fingerprint density at radius 2 is 2.05 bits per heavy atom. The van der Waals surface area contributed by atoms with Gasteiger partial charge in [0.15, 0.2) is 0 Å². The maximum absolute atomic E-state index is 11.6. The van der Waals surface area contributed by atoms with Gasteiger partial charge in [-0.15, -0.1) is 6.58 Å². The van der Waals surface area contributed by atoms with Gasteiger partial charge in [-0.2, -0.15) is 0 Å². The number of allylic oxidation sites excluding steroid dienone is 1. The van der Waals surface area contributed by atoms with E-state index in [1.54, 1.807) is 13.0 Å². The van der Waals surface area contributed by atoms with Crippen LogP contribution >= 0.6 is 0 Å². The first kappa shape index (κ1) is 15.8. The lowest BCUT2D eigenvalue weighted by Gasteiger charge is -2.08. The number of imidazole rings is 1. The molecule has 0 aliphatic rings. The minimum atomic E-state index is -0.396. The van der Waals surface area contributed by atoms with E-state index < -0.39 is 5.97 Å². The van der Waals surface area contributed by atoms with Crippen molar-refractivity contribution in [3.63, 3.8) is 0 Å². The fourth-order valence-corrected chi connectivity index (χ4v) is 2.17. The van der Waals surface area contributed by atoms with Gasteiger partial charge in [0.05, 0.1) is 11.4 Å². The van der Waals surface area contributed by atoms with Crippen molar-refractivity contribution in [1.82, 2.24) is 9.55 Å². The fourth-order valence-electron chi connectivity index (χ4n) is 2.17. The van der Waals surface area contributed by atoms with Gasteiger partial charge in [-0.25, -0.2) is 9.78 Å². The molecule has 0 aliphatic carbocycles. The van der Waals surface area contributed by atoms with Crippen LogP contribution in [-0.4, -0.2) is 15.5 Å². The summed E-state index contributed by atoms with van der Waals surface area (Å²) in [5.41, 5.74) is 3.14. The number of carbonyl (C=O) groups is 1. The molecule has 2 aromatic rings. The number of esters is 1. The molecule has 0 radical (unpaired) electrons. The average Bonchev–Trinajstić information content (AvgIpc) is 2.82. The third-order valence-electron chi connectivity index (χ3n) is 3.35. The minimum absolute atomic E-state index is 0.172. The van der Waals surface area contributed by atoms with Gasteiger partial charge < -0.3 is 9.30 Å². The normalized spacial score (nSPS) is 10.3. The van der Waals surface area contributed by atoms with Gasteiger partial charge in [0.1, 0.15) is 12.4 Å². The number of rotatable bonds is 6. The molecule has 0 atom stereocenters. The fraction of sp³-hybridized carbons (Fsp3) is 0.222. The van der Waals surface area contributed by atoms with E-state index in [-0.39, 0.29) is 6.61 Å². The number of hydrogen-bond donors (Lipinski definition) is 0. The van der Waals surface area contributed by atoms with E-state index in [9.17, 15) is 4.79 Å². The van der Waals surface area contributed by atoms with E-state index >= 15 is 0 Å². The van der Waals surface area contributed by atoms with Crippen LogP contribution in [0.2, 0.25) is 0 Å². The summed E-state index contributed by atoms with van der Waals surface area (Å²) in [6.07, 6.45) is 2.42. The highest BCUT2D eigenvalue weighted by Gasteiger charge is 2.16. The Bertz CT molecular complexity index is 699. The van der Waals surface area contributed by atoms with E-state index in [0.717, 1.165) is 22.8 Å². The van der Waals surface area contributed by atoms with E-state index in [4.69, 9.17) is 4.74 Å². The van der Waals surface area contributed by atoms with Gasteiger partial charge >= 0.3 is 5.97 Å². The molecule has 0 bridgehead atoms. The van der Waals surface area contributed by atoms with E-state index in [0.29, 0.717) is 12.0 Å². The topological polar surface area (TPSA) is 44.1 Å². The molecule has 0 N–H and O–H groups in total. The summed E-state index contributed by atoms with van der Waals surface area (Å²) in [6, 6.07) is 9.91. The molecule has 1 heterocycles. The molecule has 0 saturated carbocycles. The smallest absolute Gasteiger partial charge is 0.333 e. The number of ether oxygens (including phenoxy) is 1. The first-order chi connectivity index (χ1) is 10.5. The summed E-state index contributed by atoms with van der Waals surface area (Å²) in [7, 11) is 1.92. The molecular formula is C18H20N2O2. The molecule has 114 valence electrons. The molecule has 0 saturated heterocycles. The van der Waals surface area contributed by atoms with Crippen LogP contribution in [-0.2, 0) is 29.6 Å². The van der Waals surface area contributed by atoms with Gasteiger partial charge in [0.25, 0.3) is 0 Å². The van der Waals surface area contributed by atoms with Gasteiger partial charge in [0.2, 0.25) is 0 Å². The lowest BCUT2D eigenvalue weighted by Crippen LogP contribution is -2.09. The maximum Gasteiger partial charge on any atom is 0.333 e. The number of nitrogens with zero attached hydrogens (tertiary/aromatic N) is 2. The highest BCUT2D eigenvalue weighted by molar-refractivity contribution is 5.86. The van der Waals surface area contributed by atoms with Crippen molar-refractivity contribution in [2.45, 2.75) is 20.0 Å². The van der Waals surface area contributed by atoms with Crippen molar-refractivity contribution in [2.75, 3.05) is 0 Å². The van der Waals surface area contributed by atoms with Crippen LogP contribution in [0.3, 0.4) is 0 Å². The predicted molar refractivity (Wildman–Crippen MR) is 87.2 cm³/mol. The van der Waals surface area contributed by atoms with Crippen LogP contribution in [0, 0.1) is 0 Å². The van der Waals surface area contributed by atoms with Gasteiger partial charge in [-0.05, 0) is 6.92 Å². The molecule has 0 spiro atoms. The molecule has 22 heavy (non-hydrogen) atoms. The van der Waals surface area contributed by atoms with Crippen LogP contribution in [0.4, 0.5) is 0 Å². The standard InChI is InChI=1S/C18H20N2O2/c1-5-9-15-16(12-22-18(21)13(2)3)20(4)17(19-15)14-10-7-6-8-11-14/h5-8,10-11H,1-2,9,12H2,3-4H3. The third kappa shape index (κ3) is 3.34. The van der Waals surface area contributed by atoms with Gasteiger partial charge in [0, 0.05) is 24.6 Å². The highest BCUT2D eigenvalue weighted by atomic mass is 16.5.